The van der Waals surface area contributed by atoms with Crippen molar-refractivity contribution < 1.29 is 14.3 Å². The molecule has 0 fully saturated rings. The van der Waals surface area contributed by atoms with Gasteiger partial charge in [-0.2, -0.15) is 5.10 Å². The van der Waals surface area contributed by atoms with Gasteiger partial charge in [-0.25, -0.2) is 9.48 Å². The van der Waals surface area contributed by atoms with Crippen molar-refractivity contribution in [2.75, 3.05) is 7.11 Å². The Morgan fingerprint density at radius 2 is 1.68 bits per heavy atom. The molecular formula is C24H27N3O4. The summed E-state index contributed by atoms with van der Waals surface area (Å²) >= 11 is 0. The number of carbonyl (C=O) groups is 2. The maximum absolute atomic E-state index is 12.8. The third-order valence-corrected chi connectivity index (χ3v) is 4.91. The maximum atomic E-state index is 12.8. The molecule has 2 aromatic carbocycles. The van der Waals surface area contributed by atoms with E-state index in [1.165, 1.54) is 11.8 Å². The zero-order valence-corrected chi connectivity index (χ0v) is 18.0. The van der Waals surface area contributed by atoms with Crippen molar-refractivity contribution in [1.29, 1.82) is 0 Å². The number of hydrogen-bond acceptors (Lipinski definition) is 5. The first kappa shape index (κ1) is 22.2. The molecule has 0 radical (unpaired) electrons. The van der Waals surface area contributed by atoms with E-state index in [9.17, 15) is 14.4 Å². The van der Waals surface area contributed by atoms with Crippen LogP contribution in [-0.2, 0) is 33.7 Å². The van der Waals surface area contributed by atoms with Crippen molar-refractivity contribution in [2.45, 2.75) is 39.3 Å². The third kappa shape index (κ3) is 5.57. The van der Waals surface area contributed by atoms with Gasteiger partial charge >= 0.3 is 5.97 Å². The van der Waals surface area contributed by atoms with E-state index in [2.05, 4.69) is 10.4 Å². The van der Waals surface area contributed by atoms with Crippen LogP contribution in [0.2, 0.25) is 0 Å². The predicted octanol–water partition coefficient (Wildman–Crippen LogP) is 2.50. The number of nitrogens with zero attached hydrogens (tertiary/aromatic N) is 2. The number of rotatable bonds is 8. The van der Waals surface area contributed by atoms with E-state index < -0.39 is 12.0 Å². The lowest BCUT2D eigenvalue weighted by Crippen LogP contribution is -2.44. The van der Waals surface area contributed by atoms with Crippen molar-refractivity contribution in [1.82, 2.24) is 15.1 Å². The Balaban J connectivity index is 1.86. The van der Waals surface area contributed by atoms with Crippen LogP contribution in [0, 0.1) is 5.92 Å². The Morgan fingerprint density at radius 3 is 2.32 bits per heavy atom. The third-order valence-electron chi connectivity index (χ3n) is 4.91. The first-order valence-electron chi connectivity index (χ1n) is 10.3. The van der Waals surface area contributed by atoms with E-state index in [4.69, 9.17) is 4.74 Å². The maximum Gasteiger partial charge on any atom is 0.328 e. The molecule has 7 heteroatoms. The van der Waals surface area contributed by atoms with Crippen molar-refractivity contribution in [2.24, 2.45) is 5.92 Å². The van der Waals surface area contributed by atoms with Crippen molar-refractivity contribution >= 4 is 22.6 Å². The van der Waals surface area contributed by atoms with Crippen LogP contribution in [-0.4, -0.2) is 34.8 Å². The van der Waals surface area contributed by atoms with E-state index >= 15 is 0 Å². The number of aromatic nitrogens is 2. The van der Waals surface area contributed by atoms with Gasteiger partial charge in [-0.05, 0) is 17.5 Å². The molecule has 1 unspecified atom stereocenters. The van der Waals surface area contributed by atoms with E-state index in [1.54, 1.807) is 18.2 Å². The van der Waals surface area contributed by atoms with Gasteiger partial charge in [-0.3, -0.25) is 9.59 Å². The number of methoxy groups -OCH3 is 1. The van der Waals surface area contributed by atoms with Crippen LogP contribution in [0.25, 0.3) is 10.8 Å². The van der Waals surface area contributed by atoms with Crippen LogP contribution in [0.4, 0.5) is 0 Å². The molecule has 0 spiro atoms. The second kappa shape index (κ2) is 10.0. The Labute approximate surface area is 181 Å². The molecule has 0 bridgehead atoms. The van der Waals surface area contributed by atoms with Gasteiger partial charge in [0.1, 0.15) is 6.04 Å². The topological polar surface area (TPSA) is 90.3 Å². The number of ether oxygens (including phenoxy) is 1. The summed E-state index contributed by atoms with van der Waals surface area (Å²) in [7, 11) is 1.29. The minimum Gasteiger partial charge on any atom is -0.467 e. The van der Waals surface area contributed by atoms with Gasteiger partial charge in [0.25, 0.3) is 5.56 Å². The lowest BCUT2D eigenvalue weighted by atomic mass is 10.1. The number of benzene rings is 2. The quantitative estimate of drug-likeness (QED) is 0.565. The largest absolute Gasteiger partial charge is 0.467 e. The summed E-state index contributed by atoms with van der Waals surface area (Å²) in [5.74, 6) is -0.652. The molecule has 0 aliphatic heterocycles. The van der Waals surface area contributed by atoms with Gasteiger partial charge in [0.05, 0.1) is 24.6 Å². The van der Waals surface area contributed by atoms with E-state index in [1.807, 2.05) is 50.2 Å². The average Bonchev–Trinajstić information content (AvgIpc) is 2.76. The lowest BCUT2D eigenvalue weighted by Gasteiger charge is -2.17. The standard InChI is InChI=1S/C24H27N3O4/c1-16(2)15-27-23(29)19-12-8-7-11-18(19)20(26-27)14-22(28)25-21(24(30)31-3)13-17-9-5-4-6-10-17/h4-12,16,21H,13-15H2,1-3H3,(H,25,28). The van der Waals surface area contributed by atoms with Gasteiger partial charge in [-0.1, -0.05) is 62.4 Å². The highest BCUT2D eigenvalue weighted by Gasteiger charge is 2.23. The highest BCUT2D eigenvalue weighted by atomic mass is 16.5. The molecule has 1 heterocycles. The van der Waals surface area contributed by atoms with Crippen LogP contribution in [0.15, 0.2) is 59.4 Å². The predicted molar refractivity (Wildman–Crippen MR) is 119 cm³/mol. The SMILES string of the molecule is COC(=O)C(Cc1ccccc1)NC(=O)Cc1nn(CC(C)C)c(=O)c2ccccc12. The molecule has 1 N–H and O–H groups in total. The van der Waals surface area contributed by atoms with E-state index in [0.29, 0.717) is 29.4 Å². The van der Waals surface area contributed by atoms with Crippen molar-refractivity contribution in [3.05, 3.63) is 76.2 Å². The molecule has 3 aromatic rings. The molecule has 1 amide bonds. The molecule has 0 aliphatic rings. The molecule has 0 saturated carbocycles. The van der Waals surface area contributed by atoms with Crippen molar-refractivity contribution in [3.8, 4) is 0 Å². The second-order valence-electron chi connectivity index (χ2n) is 7.88. The molecule has 0 aliphatic carbocycles. The summed E-state index contributed by atoms with van der Waals surface area (Å²) in [6.07, 6.45) is 0.265. The Hall–Kier alpha value is -3.48. The smallest absolute Gasteiger partial charge is 0.328 e. The Bertz CT molecular complexity index is 1120. The first-order valence-corrected chi connectivity index (χ1v) is 10.3. The zero-order chi connectivity index (χ0) is 22.4. The Morgan fingerprint density at radius 1 is 1.03 bits per heavy atom. The summed E-state index contributed by atoms with van der Waals surface area (Å²) < 4.78 is 6.28. The summed E-state index contributed by atoms with van der Waals surface area (Å²) in [5, 5.41) is 8.39. The molecule has 1 atom stereocenters. The second-order valence-corrected chi connectivity index (χ2v) is 7.88. The van der Waals surface area contributed by atoms with Gasteiger partial charge in [0.2, 0.25) is 5.91 Å². The molecule has 3 rings (SSSR count). The first-order chi connectivity index (χ1) is 14.9. The lowest BCUT2D eigenvalue weighted by molar-refractivity contribution is -0.145. The van der Waals surface area contributed by atoms with Crippen LogP contribution >= 0.6 is 0 Å². The van der Waals surface area contributed by atoms with Crippen LogP contribution in [0.1, 0.15) is 25.1 Å². The monoisotopic (exact) mass is 421 g/mol. The molecule has 7 nitrogen and oxygen atoms in total. The number of fused-ring (bicyclic) bond motifs is 1. The summed E-state index contributed by atoms with van der Waals surface area (Å²) in [6, 6.07) is 15.7. The number of esters is 1. The van der Waals surface area contributed by atoms with Crippen LogP contribution in [0.5, 0.6) is 0 Å². The fourth-order valence-corrected chi connectivity index (χ4v) is 3.49. The number of nitrogens with one attached hydrogen (secondary N) is 1. The van der Waals surface area contributed by atoms with Crippen LogP contribution in [0.3, 0.4) is 0 Å². The number of amides is 1. The molecule has 31 heavy (non-hydrogen) atoms. The van der Waals surface area contributed by atoms with Gasteiger partial charge < -0.3 is 10.1 Å². The normalized spacial score (nSPS) is 12.0. The highest BCUT2D eigenvalue weighted by molar-refractivity contribution is 5.90. The summed E-state index contributed by atoms with van der Waals surface area (Å²) in [4.78, 5) is 37.8. The number of hydrogen-bond donors (Lipinski definition) is 1. The Kier molecular flexibility index (Phi) is 7.18. The molecule has 162 valence electrons. The van der Waals surface area contributed by atoms with Gasteiger partial charge in [-0.15, -0.1) is 0 Å². The molecule has 1 aromatic heterocycles. The summed E-state index contributed by atoms with van der Waals surface area (Å²) in [6.45, 7) is 4.46. The van der Waals surface area contributed by atoms with Gasteiger partial charge in [0.15, 0.2) is 0 Å². The highest BCUT2D eigenvalue weighted by Crippen LogP contribution is 2.15. The number of carbonyl (C=O) groups excluding carboxylic acids is 2. The minimum absolute atomic E-state index is 0.0544. The summed E-state index contributed by atoms with van der Waals surface area (Å²) in [5.41, 5.74) is 1.23. The fourth-order valence-electron chi connectivity index (χ4n) is 3.49. The van der Waals surface area contributed by atoms with E-state index in [0.717, 1.165) is 5.56 Å². The molecule has 0 saturated heterocycles. The minimum atomic E-state index is -0.812. The average molecular weight is 421 g/mol. The van der Waals surface area contributed by atoms with E-state index in [-0.39, 0.29) is 23.8 Å². The van der Waals surface area contributed by atoms with Crippen molar-refractivity contribution in [3.63, 3.8) is 0 Å². The van der Waals surface area contributed by atoms with Crippen LogP contribution < -0.4 is 10.9 Å². The van der Waals surface area contributed by atoms with Gasteiger partial charge in [0, 0.05) is 18.4 Å². The zero-order valence-electron chi connectivity index (χ0n) is 18.0. The molecular weight excluding hydrogens is 394 g/mol. The fraction of sp³-hybridized carbons (Fsp3) is 0.333.